The van der Waals surface area contributed by atoms with E-state index >= 15 is 0 Å². The van der Waals surface area contributed by atoms with E-state index in [9.17, 15) is 15.5 Å². The van der Waals surface area contributed by atoms with Crippen molar-refractivity contribution in [1.82, 2.24) is 20.1 Å². The quantitative estimate of drug-likeness (QED) is 0.0944. The highest BCUT2D eigenvalue weighted by atomic mass is 16.5. The molecule has 1 spiro atoms. The lowest BCUT2D eigenvalue weighted by molar-refractivity contribution is -0.173. The van der Waals surface area contributed by atoms with Gasteiger partial charge in [0.05, 0.1) is 16.7 Å². The first-order valence-corrected chi connectivity index (χ1v) is 15.6. The van der Waals surface area contributed by atoms with Crippen molar-refractivity contribution < 1.29 is 14.9 Å². The van der Waals surface area contributed by atoms with Crippen LogP contribution in [0, 0.1) is 17.4 Å². The van der Waals surface area contributed by atoms with Gasteiger partial charge in [0.1, 0.15) is 0 Å². The first kappa shape index (κ1) is 26.8. The number of fused-ring (bicyclic) bond motifs is 4. The van der Waals surface area contributed by atoms with Crippen LogP contribution < -0.4 is 15.4 Å². The zero-order chi connectivity index (χ0) is 29.5. The molecular formula is C33H39N7O3. The molecule has 1 saturated heterocycles. The Morgan fingerprint density at radius 2 is 2.14 bits per heavy atom. The molecule has 3 heterocycles. The number of aromatic amines is 1. The molecule has 4 atom stereocenters. The molecule has 224 valence electrons. The van der Waals surface area contributed by atoms with Crippen molar-refractivity contribution in [1.29, 1.82) is 5.26 Å². The third-order valence-corrected chi connectivity index (χ3v) is 10.6. The standard InChI is InChI=1S/C33H39N7O3/c1-39(2)12-3-11-35-31(36-18-34)37-21-7-8-24-22(15-21)23-16-33(42)26-14-20-6-9-25(41)29-27(20)32(33,30(43-29)28(23)38-24)10-13-40(26)17-19-4-5-19/h6-9,15,19,26,30,38,41-42H,3-5,10-14,16-17H2,1-2H3,(H2,35,36,37)/t26?,30?,32-,33+/m0/s1. The largest absolute Gasteiger partial charge is 0.504 e. The van der Waals surface area contributed by atoms with Crippen molar-refractivity contribution in [3.8, 4) is 17.7 Å². The van der Waals surface area contributed by atoms with Crippen molar-refractivity contribution in [3.05, 3.63) is 52.7 Å². The third kappa shape index (κ3) is 3.91. The minimum absolute atomic E-state index is 0.0175. The number of likely N-dealkylation sites (tertiary alicyclic amines) is 1. The number of rotatable bonds is 7. The zero-order valence-corrected chi connectivity index (χ0v) is 24.8. The van der Waals surface area contributed by atoms with Crippen molar-refractivity contribution in [2.45, 2.75) is 61.7 Å². The van der Waals surface area contributed by atoms with Crippen LogP contribution in [0.15, 0.2) is 35.3 Å². The smallest absolute Gasteiger partial charge is 0.209 e. The van der Waals surface area contributed by atoms with Gasteiger partial charge in [0, 0.05) is 47.7 Å². The summed E-state index contributed by atoms with van der Waals surface area (Å²) in [5.41, 5.74) is 4.40. The molecule has 5 aliphatic rings. The minimum Gasteiger partial charge on any atom is -0.504 e. The highest BCUT2D eigenvalue weighted by Crippen LogP contribution is 2.69. The molecule has 3 aliphatic carbocycles. The van der Waals surface area contributed by atoms with E-state index < -0.39 is 17.1 Å². The summed E-state index contributed by atoms with van der Waals surface area (Å²) in [7, 11) is 4.06. The van der Waals surface area contributed by atoms with E-state index in [0.717, 1.165) is 78.2 Å². The fourth-order valence-corrected chi connectivity index (χ4v) is 8.58. The molecule has 2 fully saturated rings. The Balaban J connectivity index is 1.20. The molecule has 10 heteroatoms. The Hall–Kier alpha value is -3.78. The number of aromatic hydroxyl groups is 1. The van der Waals surface area contributed by atoms with Crippen LogP contribution in [-0.2, 0) is 18.3 Å². The van der Waals surface area contributed by atoms with Crippen LogP contribution in [0.5, 0.6) is 11.5 Å². The van der Waals surface area contributed by atoms with Crippen molar-refractivity contribution in [2.75, 3.05) is 45.6 Å². The average Bonchev–Trinajstić information content (AvgIpc) is 3.62. The number of phenolic OH excluding ortho intramolecular Hbond substituents is 1. The van der Waals surface area contributed by atoms with E-state index in [4.69, 9.17) is 4.74 Å². The molecule has 8 rings (SSSR count). The van der Waals surface area contributed by atoms with Gasteiger partial charge in [0.15, 0.2) is 23.8 Å². The first-order valence-electron chi connectivity index (χ1n) is 15.6. The van der Waals surface area contributed by atoms with Crippen LogP contribution in [0.1, 0.15) is 54.2 Å². The predicted octanol–water partition coefficient (Wildman–Crippen LogP) is 3.36. The summed E-state index contributed by atoms with van der Waals surface area (Å²) >= 11 is 0. The predicted molar refractivity (Wildman–Crippen MR) is 164 cm³/mol. The Kier molecular flexibility index (Phi) is 5.99. The number of H-pyrrole nitrogens is 1. The summed E-state index contributed by atoms with van der Waals surface area (Å²) in [4.78, 5) is 12.9. The zero-order valence-electron chi connectivity index (χ0n) is 24.8. The first-order chi connectivity index (χ1) is 20.8. The maximum absolute atomic E-state index is 13.1. The van der Waals surface area contributed by atoms with Gasteiger partial charge in [-0.1, -0.05) is 6.07 Å². The number of anilines is 1. The number of aliphatic imine (C=N–C) groups is 1. The van der Waals surface area contributed by atoms with Crippen molar-refractivity contribution >= 4 is 22.5 Å². The van der Waals surface area contributed by atoms with Gasteiger partial charge >= 0.3 is 0 Å². The van der Waals surface area contributed by atoms with Crippen LogP contribution in [-0.4, -0.2) is 82.9 Å². The van der Waals surface area contributed by atoms with Crippen LogP contribution in [0.3, 0.4) is 0 Å². The lowest BCUT2D eigenvalue weighted by atomic mass is 9.49. The van der Waals surface area contributed by atoms with Gasteiger partial charge in [-0.25, -0.2) is 0 Å². The number of nitrogens with zero attached hydrogens (tertiary/aromatic N) is 4. The third-order valence-electron chi connectivity index (χ3n) is 10.6. The number of hydrogen-bond acceptors (Lipinski definition) is 7. The second-order valence-electron chi connectivity index (χ2n) is 13.5. The van der Waals surface area contributed by atoms with Crippen LogP contribution >= 0.6 is 0 Å². The highest BCUT2D eigenvalue weighted by Gasteiger charge is 2.72. The van der Waals surface area contributed by atoms with Crippen LogP contribution in [0.4, 0.5) is 5.69 Å². The monoisotopic (exact) mass is 581 g/mol. The van der Waals surface area contributed by atoms with Gasteiger partial charge in [0.25, 0.3) is 0 Å². The van der Waals surface area contributed by atoms with E-state index in [1.807, 2.05) is 38.5 Å². The van der Waals surface area contributed by atoms with Gasteiger partial charge < -0.3 is 30.2 Å². The highest BCUT2D eigenvalue weighted by molar-refractivity contribution is 5.97. The number of hydrogen-bond donors (Lipinski definition) is 5. The van der Waals surface area contributed by atoms with Crippen LogP contribution in [0.25, 0.3) is 10.9 Å². The number of aromatic nitrogens is 1. The fraction of sp³-hybridized carbons (Fsp3) is 0.515. The Morgan fingerprint density at radius 1 is 1.28 bits per heavy atom. The van der Waals surface area contributed by atoms with E-state index in [1.54, 1.807) is 6.07 Å². The van der Waals surface area contributed by atoms with E-state index in [2.05, 4.69) is 36.5 Å². The normalized spacial score (nSPS) is 28.8. The topological polar surface area (TPSA) is 132 Å². The summed E-state index contributed by atoms with van der Waals surface area (Å²) in [6.07, 6.45) is 7.06. The molecule has 2 unspecified atom stereocenters. The lowest BCUT2D eigenvalue weighted by Gasteiger charge is -2.62. The Labute approximate surface area is 251 Å². The lowest BCUT2D eigenvalue weighted by Crippen LogP contribution is -2.74. The van der Waals surface area contributed by atoms with Gasteiger partial charge in [0.2, 0.25) is 5.96 Å². The van der Waals surface area contributed by atoms with Gasteiger partial charge in [-0.2, -0.15) is 5.26 Å². The Bertz CT molecular complexity index is 1690. The molecule has 1 saturated carbocycles. The van der Waals surface area contributed by atoms with E-state index in [1.165, 1.54) is 18.4 Å². The molecule has 2 bridgehead atoms. The molecule has 0 amide bonds. The molecule has 1 aromatic heterocycles. The number of ether oxygens (including phenoxy) is 1. The summed E-state index contributed by atoms with van der Waals surface area (Å²) < 4.78 is 6.71. The summed E-state index contributed by atoms with van der Waals surface area (Å²) in [6.45, 7) is 3.47. The summed E-state index contributed by atoms with van der Waals surface area (Å²) in [5.74, 6) is 1.83. The molecule has 10 nitrogen and oxygen atoms in total. The number of nitriles is 1. The van der Waals surface area contributed by atoms with Gasteiger partial charge in [-0.05, 0) is 101 Å². The fourth-order valence-electron chi connectivity index (χ4n) is 8.58. The second kappa shape index (κ2) is 9.61. The van der Waals surface area contributed by atoms with Crippen molar-refractivity contribution in [3.63, 3.8) is 0 Å². The number of benzene rings is 2. The number of aliphatic hydroxyl groups is 1. The maximum atomic E-state index is 13.1. The molecular weight excluding hydrogens is 542 g/mol. The van der Waals surface area contributed by atoms with Gasteiger partial charge in [-0.15, -0.1) is 0 Å². The Morgan fingerprint density at radius 3 is 2.93 bits per heavy atom. The SMILES string of the molecule is CN(C)CCCN=C(NC#N)Nc1ccc2[nH]c3c(c2c1)C[C@@]1(O)C2Cc4ccc(O)c5c4[C@@]1(CCN2CC1CC1)C3O5. The van der Waals surface area contributed by atoms with E-state index in [0.29, 0.717) is 24.7 Å². The minimum atomic E-state index is -1.04. The number of guanidine groups is 1. The number of piperidine rings is 1. The molecule has 2 aliphatic heterocycles. The maximum Gasteiger partial charge on any atom is 0.209 e. The molecule has 0 radical (unpaired) electrons. The summed E-state index contributed by atoms with van der Waals surface area (Å²) in [6, 6.07) is 9.87. The van der Waals surface area contributed by atoms with Crippen LogP contribution in [0.2, 0.25) is 0 Å². The molecule has 5 N–H and O–H groups in total. The molecule has 3 aromatic rings. The number of nitrogens with one attached hydrogen (secondary N) is 3. The molecule has 43 heavy (non-hydrogen) atoms. The average molecular weight is 582 g/mol. The van der Waals surface area contributed by atoms with Gasteiger partial charge in [-0.3, -0.25) is 15.2 Å². The van der Waals surface area contributed by atoms with E-state index in [-0.39, 0.29) is 11.8 Å². The molecule has 2 aromatic carbocycles. The second-order valence-corrected chi connectivity index (χ2v) is 13.5. The van der Waals surface area contributed by atoms with Crippen molar-refractivity contribution in [2.24, 2.45) is 10.9 Å². The number of phenols is 1. The summed E-state index contributed by atoms with van der Waals surface area (Å²) in [5, 5.41) is 40.3.